The minimum absolute atomic E-state index is 0.141. The lowest BCUT2D eigenvalue weighted by Crippen LogP contribution is -2.18. The maximum absolute atomic E-state index is 11.6. The third-order valence-electron chi connectivity index (χ3n) is 5.65. The van der Waals surface area contributed by atoms with Crippen LogP contribution in [0, 0.1) is 5.41 Å². The third kappa shape index (κ3) is 5.74. The van der Waals surface area contributed by atoms with Crippen LogP contribution in [0.5, 0.6) is 11.5 Å². The van der Waals surface area contributed by atoms with Gasteiger partial charge < -0.3 is 19.4 Å². The van der Waals surface area contributed by atoms with E-state index in [2.05, 4.69) is 15.5 Å². The average Bonchev–Trinajstić information content (AvgIpc) is 3.58. The van der Waals surface area contributed by atoms with E-state index in [9.17, 15) is 8.42 Å². The molecule has 0 saturated heterocycles. The second kappa shape index (κ2) is 10.8. The fourth-order valence-electron chi connectivity index (χ4n) is 3.72. The van der Waals surface area contributed by atoms with Crippen LogP contribution < -0.4 is 19.9 Å². The van der Waals surface area contributed by atoms with Crippen LogP contribution in [0.15, 0.2) is 46.1 Å². The Kier molecular flexibility index (Phi) is 7.71. The van der Waals surface area contributed by atoms with Crippen LogP contribution in [-0.4, -0.2) is 53.5 Å². The van der Waals surface area contributed by atoms with Crippen molar-refractivity contribution in [2.75, 3.05) is 24.9 Å². The minimum Gasteiger partial charge on any atom is -0.454 e. The van der Waals surface area contributed by atoms with Gasteiger partial charge in [0.1, 0.15) is 11.5 Å². The van der Waals surface area contributed by atoms with Gasteiger partial charge in [0.25, 0.3) is 0 Å². The van der Waals surface area contributed by atoms with Crippen LogP contribution in [0.1, 0.15) is 32.4 Å². The quantitative estimate of drug-likeness (QED) is 0.273. The van der Waals surface area contributed by atoms with Gasteiger partial charge in [-0.05, 0) is 44.0 Å². The second-order valence-electron chi connectivity index (χ2n) is 8.25. The Morgan fingerprint density at radius 3 is 2.75 bits per heavy atom. The number of nitrogens with one attached hydrogen (secondary N) is 3. The van der Waals surface area contributed by atoms with Crippen molar-refractivity contribution in [3.05, 3.63) is 41.7 Å². The summed E-state index contributed by atoms with van der Waals surface area (Å²) in [5, 5.41) is 24.7. The number of H-pyrrole nitrogens is 1. The summed E-state index contributed by atoms with van der Waals surface area (Å²) in [6, 6.07) is 5.64. The van der Waals surface area contributed by atoms with Crippen molar-refractivity contribution in [1.29, 1.82) is 5.41 Å². The summed E-state index contributed by atoms with van der Waals surface area (Å²) in [7, 11) is -1.86. The number of ether oxygens (including phenoxy) is 2. The van der Waals surface area contributed by atoms with Gasteiger partial charge in [-0.25, -0.2) is 18.5 Å². The molecule has 0 fully saturated rings. The molecule has 192 valence electrons. The summed E-state index contributed by atoms with van der Waals surface area (Å²) in [5.74, 6) is 1.72. The van der Waals surface area contributed by atoms with Crippen LogP contribution in [0.2, 0.25) is 0 Å². The van der Waals surface area contributed by atoms with Crippen LogP contribution in [0.25, 0.3) is 11.3 Å². The smallest absolute Gasteiger partial charge is 0.231 e. The standard InChI is InChI=1S/C23H29N7O4S2/c1-4-14(2)10-16(24)21-22(26-3)30(8-5-9-36(25,31)32)23(28-21)35-20-12-19-18(33-13-34-19)11-15(20)17-6-7-27-29-17/h6-7,10-12,24,26H,4-5,8-9,13H2,1-3H3,(H,27,29)(H2,25,31,32)/b14-10+,24-16?. The van der Waals surface area contributed by atoms with Crippen molar-refractivity contribution >= 4 is 33.3 Å². The predicted molar refractivity (Wildman–Crippen MR) is 140 cm³/mol. The highest BCUT2D eigenvalue weighted by atomic mass is 32.2. The fourth-order valence-corrected chi connectivity index (χ4v) is 5.32. The molecule has 0 unspecified atom stereocenters. The first kappa shape index (κ1) is 25.8. The molecule has 0 saturated carbocycles. The molecule has 11 nitrogen and oxygen atoms in total. The molecule has 1 aromatic carbocycles. The van der Waals surface area contributed by atoms with E-state index in [0.717, 1.165) is 28.1 Å². The van der Waals surface area contributed by atoms with Gasteiger partial charge in [-0.2, -0.15) is 5.10 Å². The number of anilines is 1. The summed E-state index contributed by atoms with van der Waals surface area (Å²) >= 11 is 1.39. The van der Waals surface area contributed by atoms with Crippen molar-refractivity contribution in [3.8, 4) is 22.8 Å². The van der Waals surface area contributed by atoms with Crippen molar-refractivity contribution in [3.63, 3.8) is 0 Å². The van der Waals surface area contributed by atoms with Gasteiger partial charge in [-0.3, -0.25) is 10.5 Å². The number of aromatic amines is 1. The maximum atomic E-state index is 11.6. The topological polar surface area (TPSA) is 161 Å². The number of nitrogens with zero attached hydrogens (tertiary/aromatic N) is 3. The number of allylic oxidation sites excluding steroid dienone is 2. The molecule has 1 aliphatic heterocycles. The number of sulfonamides is 1. The van der Waals surface area contributed by atoms with Crippen molar-refractivity contribution in [2.45, 2.75) is 43.3 Å². The van der Waals surface area contributed by atoms with E-state index >= 15 is 0 Å². The molecule has 13 heteroatoms. The van der Waals surface area contributed by atoms with Gasteiger partial charge >= 0.3 is 0 Å². The Balaban J connectivity index is 1.79. The molecule has 1 aliphatic rings. The lowest BCUT2D eigenvalue weighted by molar-refractivity contribution is 0.174. The van der Waals surface area contributed by atoms with Gasteiger partial charge in [-0.1, -0.05) is 24.3 Å². The Hall–Kier alpha value is -3.29. The zero-order valence-electron chi connectivity index (χ0n) is 20.3. The zero-order valence-corrected chi connectivity index (χ0v) is 21.9. The van der Waals surface area contributed by atoms with Crippen molar-refractivity contribution < 1.29 is 17.9 Å². The SMILES string of the molecule is CC/C(C)=C/C(=N)c1nc(Sc2cc3c(cc2-c2ccn[nH]2)OCO3)n(CCCS(N)(=O)=O)c1NC. The molecular formula is C23H29N7O4S2. The first-order valence-corrected chi connectivity index (χ1v) is 13.9. The molecule has 3 aromatic rings. The Morgan fingerprint density at radius 1 is 1.36 bits per heavy atom. The normalized spacial score (nSPS) is 13.3. The largest absolute Gasteiger partial charge is 0.454 e. The highest BCUT2D eigenvalue weighted by Gasteiger charge is 2.24. The van der Waals surface area contributed by atoms with Crippen LogP contribution in [0.4, 0.5) is 5.82 Å². The summed E-state index contributed by atoms with van der Waals surface area (Å²) < 4.78 is 36.2. The molecule has 2 aromatic heterocycles. The van der Waals surface area contributed by atoms with Crippen molar-refractivity contribution in [2.24, 2.45) is 5.14 Å². The van der Waals surface area contributed by atoms with Gasteiger partial charge in [0.2, 0.25) is 16.8 Å². The molecule has 0 amide bonds. The maximum Gasteiger partial charge on any atom is 0.231 e. The first-order valence-electron chi connectivity index (χ1n) is 11.4. The number of fused-ring (bicyclic) bond motifs is 1. The van der Waals surface area contributed by atoms with Crippen LogP contribution >= 0.6 is 11.8 Å². The van der Waals surface area contributed by atoms with E-state index in [1.807, 2.05) is 36.6 Å². The average molecular weight is 532 g/mol. The third-order valence-corrected chi connectivity index (χ3v) is 7.56. The molecule has 0 atom stereocenters. The lowest BCUT2D eigenvalue weighted by Gasteiger charge is -2.13. The monoisotopic (exact) mass is 531 g/mol. The van der Waals surface area contributed by atoms with Gasteiger partial charge in [0, 0.05) is 30.2 Å². The van der Waals surface area contributed by atoms with E-state index in [-0.39, 0.29) is 18.3 Å². The van der Waals surface area contributed by atoms with E-state index in [4.69, 9.17) is 25.0 Å². The summed E-state index contributed by atoms with van der Waals surface area (Å²) in [6.45, 7) is 4.48. The van der Waals surface area contributed by atoms with Crippen molar-refractivity contribution in [1.82, 2.24) is 19.7 Å². The zero-order chi connectivity index (χ0) is 25.9. The molecule has 4 rings (SSSR count). The molecule has 5 N–H and O–H groups in total. The van der Waals surface area contributed by atoms with E-state index in [1.165, 1.54) is 11.8 Å². The Morgan fingerprint density at radius 2 is 2.11 bits per heavy atom. The Labute approximate surface area is 214 Å². The molecular weight excluding hydrogens is 502 g/mol. The minimum atomic E-state index is -3.61. The number of aromatic nitrogens is 4. The number of hydrogen-bond donors (Lipinski definition) is 4. The molecule has 3 heterocycles. The summed E-state index contributed by atoms with van der Waals surface area (Å²) in [4.78, 5) is 5.65. The Bertz CT molecular complexity index is 1400. The van der Waals surface area contributed by atoms with Gasteiger partial charge in [-0.15, -0.1) is 0 Å². The molecule has 36 heavy (non-hydrogen) atoms. The second-order valence-corrected chi connectivity index (χ2v) is 11.0. The van der Waals surface area contributed by atoms with E-state index in [1.54, 1.807) is 19.3 Å². The number of nitrogens with two attached hydrogens (primary N) is 1. The molecule has 0 bridgehead atoms. The highest BCUT2D eigenvalue weighted by Crippen LogP contribution is 2.44. The lowest BCUT2D eigenvalue weighted by atomic mass is 10.1. The number of primary sulfonamides is 1. The van der Waals surface area contributed by atoms with Gasteiger partial charge in [0.15, 0.2) is 16.7 Å². The number of hydrogen-bond acceptors (Lipinski definition) is 9. The number of benzene rings is 1. The number of imidazole rings is 1. The van der Waals surface area contributed by atoms with E-state index < -0.39 is 10.0 Å². The summed E-state index contributed by atoms with van der Waals surface area (Å²) in [5.41, 5.74) is 3.45. The summed E-state index contributed by atoms with van der Waals surface area (Å²) in [6.07, 6.45) is 4.58. The van der Waals surface area contributed by atoms with Crippen LogP contribution in [0.3, 0.4) is 0 Å². The highest BCUT2D eigenvalue weighted by molar-refractivity contribution is 7.99. The fraction of sp³-hybridized carbons (Fsp3) is 0.348. The first-order chi connectivity index (χ1) is 17.2. The predicted octanol–water partition coefficient (Wildman–Crippen LogP) is 3.60. The van der Waals surface area contributed by atoms with E-state index in [0.29, 0.717) is 41.1 Å². The molecule has 0 radical (unpaired) electrons. The molecule has 0 aliphatic carbocycles. The van der Waals surface area contributed by atoms with Gasteiger partial charge in [0.05, 0.1) is 17.2 Å². The number of rotatable bonds is 11. The van der Waals surface area contributed by atoms with Crippen LogP contribution in [-0.2, 0) is 16.6 Å². The molecule has 0 spiro atoms.